The molecule has 1 N–H and O–H groups in total. The Balaban J connectivity index is 3.18. The fourth-order valence-corrected chi connectivity index (χ4v) is 2.36. The van der Waals surface area contributed by atoms with Gasteiger partial charge in [-0.25, -0.2) is 0 Å². The maximum atomic E-state index is 12.7. The molecule has 0 spiro atoms. The molecule has 3 nitrogen and oxygen atoms in total. The van der Waals surface area contributed by atoms with Crippen LogP contribution >= 0.6 is 0 Å². The van der Waals surface area contributed by atoms with Gasteiger partial charge in [-0.2, -0.15) is 0 Å². The van der Waals surface area contributed by atoms with Gasteiger partial charge in [-0.05, 0) is 24.9 Å². The molecule has 0 atom stereocenters. The highest BCUT2D eigenvalue weighted by Gasteiger charge is 2.20. The van der Waals surface area contributed by atoms with Crippen LogP contribution in [0.2, 0.25) is 0 Å². The van der Waals surface area contributed by atoms with Crippen LogP contribution in [0.25, 0.3) is 0 Å². The third kappa shape index (κ3) is 4.48. The molecule has 0 saturated carbocycles. The van der Waals surface area contributed by atoms with Crippen LogP contribution in [0.5, 0.6) is 0 Å². The van der Waals surface area contributed by atoms with Crippen molar-refractivity contribution in [3.05, 3.63) is 33.7 Å². The predicted octanol–water partition coefficient (Wildman–Crippen LogP) is 3.30. The second-order valence-corrected chi connectivity index (χ2v) is 6.98. The third-order valence-corrected chi connectivity index (χ3v) is 3.31. The second kappa shape index (κ2) is 7.07. The van der Waals surface area contributed by atoms with E-state index in [0.29, 0.717) is 12.5 Å². The van der Waals surface area contributed by atoms with Gasteiger partial charge in [-0.15, -0.1) is 0 Å². The number of rotatable bonds is 6. The minimum absolute atomic E-state index is 0.0105. The third-order valence-electron chi connectivity index (χ3n) is 3.31. The number of pyridine rings is 1. The van der Waals surface area contributed by atoms with Gasteiger partial charge in [0.05, 0.1) is 0 Å². The molecule has 0 aliphatic carbocycles. The molecule has 0 bridgehead atoms. The first-order valence-electron chi connectivity index (χ1n) is 7.71. The summed E-state index contributed by atoms with van der Waals surface area (Å²) in [5.74, 6) is 0.465. The second-order valence-electron chi connectivity index (χ2n) is 6.98. The zero-order valence-electron chi connectivity index (χ0n) is 13.9. The molecule has 1 heterocycles. The summed E-state index contributed by atoms with van der Waals surface area (Å²) in [7, 11) is 0. The molecule has 20 heavy (non-hydrogen) atoms. The van der Waals surface area contributed by atoms with E-state index in [1.807, 2.05) is 10.6 Å². The quantitative estimate of drug-likeness (QED) is 0.810. The SMILES string of the molecule is CCCNCc1ccc(C(C)(C)C)n(CC(C)C)c1=O. The van der Waals surface area contributed by atoms with Crippen molar-refractivity contribution in [1.29, 1.82) is 0 Å². The van der Waals surface area contributed by atoms with Crippen LogP contribution in [-0.4, -0.2) is 11.1 Å². The standard InChI is InChI=1S/C17H30N2O/c1-7-10-18-11-14-8-9-15(17(4,5)6)19(16(14)20)12-13(2)3/h8-9,13,18H,7,10-12H2,1-6H3. The van der Waals surface area contributed by atoms with Gasteiger partial charge in [-0.1, -0.05) is 47.6 Å². The van der Waals surface area contributed by atoms with Crippen molar-refractivity contribution in [2.45, 2.75) is 66.5 Å². The van der Waals surface area contributed by atoms with Crippen LogP contribution in [-0.2, 0) is 18.5 Å². The molecule has 1 aromatic rings. The van der Waals surface area contributed by atoms with E-state index in [0.717, 1.165) is 30.8 Å². The van der Waals surface area contributed by atoms with Gasteiger partial charge in [0.1, 0.15) is 0 Å². The molecule has 0 fully saturated rings. The number of hydrogen-bond donors (Lipinski definition) is 1. The minimum Gasteiger partial charge on any atom is -0.312 e. The molecule has 0 unspecified atom stereocenters. The molecule has 0 radical (unpaired) electrons. The topological polar surface area (TPSA) is 34.0 Å². The number of nitrogens with zero attached hydrogens (tertiary/aromatic N) is 1. The Morgan fingerprint density at radius 1 is 1.25 bits per heavy atom. The molecule has 1 rings (SSSR count). The summed E-state index contributed by atoms with van der Waals surface area (Å²) in [6.07, 6.45) is 1.08. The average molecular weight is 278 g/mol. The highest BCUT2D eigenvalue weighted by Crippen LogP contribution is 2.22. The molecule has 0 saturated heterocycles. The fourth-order valence-electron chi connectivity index (χ4n) is 2.36. The largest absolute Gasteiger partial charge is 0.312 e. The molecule has 114 valence electrons. The van der Waals surface area contributed by atoms with Crippen LogP contribution in [0.4, 0.5) is 0 Å². The summed E-state index contributed by atoms with van der Waals surface area (Å²) >= 11 is 0. The maximum Gasteiger partial charge on any atom is 0.255 e. The number of aromatic nitrogens is 1. The fraction of sp³-hybridized carbons (Fsp3) is 0.706. The van der Waals surface area contributed by atoms with Gasteiger partial charge in [0.25, 0.3) is 5.56 Å². The normalized spacial score (nSPS) is 12.2. The molecule has 0 amide bonds. The summed E-state index contributed by atoms with van der Waals surface area (Å²) < 4.78 is 1.97. The minimum atomic E-state index is -0.0105. The number of nitrogens with one attached hydrogen (secondary N) is 1. The van der Waals surface area contributed by atoms with Gasteiger partial charge in [0.2, 0.25) is 0 Å². The zero-order valence-corrected chi connectivity index (χ0v) is 13.9. The van der Waals surface area contributed by atoms with Crippen molar-refractivity contribution in [3.8, 4) is 0 Å². The molecular formula is C17H30N2O. The summed E-state index contributed by atoms with van der Waals surface area (Å²) in [5, 5.41) is 3.32. The Hall–Kier alpha value is -1.09. The predicted molar refractivity (Wildman–Crippen MR) is 86.2 cm³/mol. The van der Waals surface area contributed by atoms with E-state index < -0.39 is 0 Å². The Morgan fingerprint density at radius 3 is 2.40 bits per heavy atom. The Bertz CT molecular complexity index is 481. The van der Waals surface area contributed by atoms with Gasteiger partial charge in [0, 0.05) is 29.8 Å². The Kier molecular flexibility index (Phi) is 6.00. The van der Waals surface area contributed by atoms with Crippen molar-refractivity contribution in [3.63, 3.8) is 0 Å². The monoisotopic (exact) mass is 278 g/mol. The van der Waals surface area contributed by atoms with E-state index in [1.165, 1.54) is 0 Å². The van der Waals surface area contributed by atoms with Gasteiger partial charge >= 0.3 is 0 Å². The lowest BCUT2D eigenvalue weighted by Crippen LogP contribution is -2.34. The van der Waals surface area contributed by atoms with Crippen molar-refractivity contribution in [2.24, 2.45) is 5.92 Å². The smallest absolute Gasteiger partial charge is 0.255 e. The van der Waals surface area contributed by atoms with Gasteiger partial charge in [0.15, 0.2) is 0 Å². The summed E-state index contributed by atoms with van der Waals surface area (Å²) in [6.45, 7) is 15.3. The summed E-state index contributed by atoms with van der Waals surface area (Å²) in [6, 6.07) is 4.11. The van der Waals surface area contributed by atoms with E-state index >= 15 is 0 Å². The first kappa shape index (κ1) is 17.0. The Labute approximate surface area is 123 Å². The number of hydrogen-bond acceptors (Lipinski definition) is 2. The molecule has 0 aliphatic heterocycles. The van der Waals surface area contributed by atoms with E-state index in [4.69, 9.17) is 0 Å². The lowest BCUT2D eigenvalue weighted by molar-refractivity contribution is 0.444. The van der Waals surface area contributed by atoms with Gasteiger partial charge < -0.3 is 9.88 Å². The average Bonchev–Trinajstić information content (AvgIpc) is 2.32. The van der Waals surface area contributed by atoms with Crippen molar-refractivity contribution < 1.29 is 0 Å². The molecule has 0 aromatic carbocycles. The van der Waals surface area contributed by atoms with Crippen LogP contribution in [0.15, 0.2) is 16.9 Å². The highest BCUT2D eigenvalue weighted by atomic mass is 16.1. The maximum absolute atomic E-state index is 12.7. The first-order chi connectivity index (χ1) is 9.27. The summed E-state index contributed by atoms with van der Waals surface area (Å²) in [5.41, 5.74) is 2.14. The summed E-state index contributed by atoms with van der Waals surface area (Å²) in [4.78, 5) is 12.7. The van der Waals surface area contributed by atoms with Crippen molar-refractivity contribution >= 4 is 0 Å². The van der Waals surface area contributed by atoms with Crippen LogP contribution in [0.3, 0.4) is 0 Å². The van der Waals surface area contributed by atoms with Crippen LogP contribution < -0.4 is 10.9 Å². The van der Waals surface area contributed by atoms with Crippen LogP contribution in [0.1, 0.15) is 59.2 Å². The lowest BCUT2D eigenvalue weighted by Gasteiger charge is -2.26. The highest BCUT2D eigenvalue weighted by molar-refractivity contribution is 5.21. The van der Waals surface area contributed by atoms with E-state index in [2.05, 4.69) is 52.9 Å². The zero-order chi connectivity index (χ0) is 15.3. The lowest BCUT2D eigenvalue weighted by atomic mass is 9.90. The van der Waals surface area contributed by atoms with Gasteiger partial charge in [-0.3, -0.25) is 4.79 Å². The Morgan fingerprint density at radius 2 is 1.90 bits per heavy atom. The first-order valence-corrected chi connectivity index (χ1v) is 7.71. The van der Waals surface area contributed by atoms with Crippen LogP contribution in [0, 0.1) is 5.92 Å². The van der Waals surface area contributed by atoms with Crippen molar-refractivity contribution in [1.82, 2.24) is 9.88 Å². The molecule has 1 aromatic heterocycles. The molecular weight excluding hydrogens is 248 g/mol. The van der Waals surface area contributed by atoms with E-state index in [9.17, 15) is 4.79 Å². The molecule has 0 aliphatic rings. The molecule has 3 heteroatoms. The van der Waals surface area contributed by atoms with Crippen molar-refractivity contribution in [2.75, 3.05) is 6.54 Å². The van der Waals surface area contributed by atoms with E-state index in [1.54, 1.807) is 0 Å². The van der Waals surface area contributed by atoms with E-state index in [-0.39, 0.29) is 11.0 Å².